The molecule has 0 saturated carbocycles. The van der Waals surface area contributed by atoms with Crippen LogP contribution in [-0.4, -0.2) is 24.5 Å². The van der Waals surface area contributed by atoms with Crippen LogP contribution < -0.4 is 5.32 Å². The highest BCUT2D eigenvalue weighted by molar-refractivity contribution is 5.94. The first kappa shape index (κ1) is 21.2. The van der Waals surface area contributed by atoms with Gasteiger partial charge in [-0.05, 0) is 44.7 Å². The number of nitrogens with zero attached hydrogens (tertiary/aromatic N) is 2. The summed E-state index contributed by atoms with van der Waals surface area (Å²) >= 11 is 0. The highest BCUT2D eigenvalue weighted by Crippen LogP contribution is 2.20. The molecule has 0 unspecified atom stereocenters. The smallest absolute Gasteiger partial charge is 0.311 e. The second-order valence-electron chi connectivity index (χ2n) is 5.91. The molecule has 0 aliphatic heterocycles. The van der Waals surface area contributed by atoms with E-state index in [4.69, 9.17) is 15.3 Å². The fourth-order valence-electron chi connectivity index (χ4n) is 2.75. The summed E-state index contributed by atoms with van der Waals surface area (Å²) in [5.41, 5.74) is 0.511. The molecular weight excluding hydrogens is 330 g/mol. The van der Waals surface area contributed by atoms with Crippen molar-refractivity contribution in [3.63, 3.8) is 0 Å². The third kappa shape index (κ3) is 7.36. The van der Waals surface area contributed by atoms with E-state index in [1.165, 1.54) is 0 Å². The molecule has 0 aliphatic rings. The summed E-state index contributed by atoms with van der Waals surface area (Å²) in [5, 5.41) is 20.5. The first-order chi connectivity index (χ1) is 12.6. The number of carbonyl (C=O) groups excluding carboxylic acids is 2. The minimum absolute atomic E-state index is 0.255. The molecule has 1 aromatic rings. The predicted octanol–water partition coefficient (Wildman–Crippen LogP) is 3.35. The Labute approximate surface area is 154 Å². The van der Waals surface area contributed by atoms with Gasteiger partial charge in [0.15, 0.2) is 0 Å². The van der Waals surface area contributed by atoms with Gasteiger partial charge in [0.2, 0.25) is 0 Å². The van der Waals surface area contributed by atoms with Crippen molar-refractivity contribution in [2.24, 2.45) is 5.92 Å². The van der Waals surface area contributed by atoms with Gasteiger partial charge < -0.3 is 10.1 Å². The van der Waals surface area contributed by atoms with Gasteiger partial charge in [-0.2, -0.15) is 10.5 Å². The number of hydrogen-bond donors (Lipinski definition) is 1. The summed E-state index contributed by atoms with van der Waals surface area (Å²) in [7, 11) is 0. The molecule has 1 rings (SSSR count). The Morgan fingerprint density at radius 2 is 1.69 bits per heavy atom. The Hall–Kier alpha value is -2.86. The number of carbonyl (C=O) groups is 2. The van der Waals surface area contributed by atoms with Gasteiger partial charge in [0.25, 0.3) is 5.91 Å². The van der Waals surface area contributed by atoms with E-state index in [1.807, 2.05) is 6.07 Å². The van der Waals surface area contributed by atoms with Gasteiger partial charge in [-0.1, -0.05) is 18.2 Å². The molecule has 2 atom stereocenters. The van der Waals surface area contributed by atoms with Crippen LogP contribution in [0.1, 0.15) is 55.8 Å². The lowest BCUT2D eigenvalue weighted by atomic mass is 9.90. The molecular formula is C20H25N3O3. The molecule has 0 heterocycles. The van der Waals surface area contributed by atoms with E-state index >= 15 is 0 Å². The zero-order valence-corrected chi connectivity index (χ0v) is 15.1. The highest BCUT2D eigenvalue weighted by atomic mass is 16.5. The van der Waals surface area contributed by atoms with Gasteiger partial charge in [0, 0.05) is 24.4 Å². The number of esters is 1. The van der Waals surface area contributed by atoms with Gasteiger partial charge in [-0.15, -0.1) is 0 Å². The normalized spacial score (nSPS) is 12.3. The van der Waals surface area contributed by atoms with Crippen molar-refractivity contribution < 1.29 is 14.3 Å². The fourth-order valence-corrected chi connectivity index (χ4v) is 2.75. The van der Waals surface area contributed by atoms with E-state index in [1.54, 1.807) is 31.2 Å². The van der Waals surface area contributed by atoms with Gasteiger partial charge in [-0.3, -0.25) is 9.59 Å². The largest absolute Gasteiger partial charge is 0.466 e. The first-order valence-electron chi connectivity index (χ1n) is 8.90. The van der Waals surface area contributed by atoms with Crippen molar-refractivity contribution >= 4 is 11.9 Å². The Balaban J connectivity index is 2.93. The molecule has 26 heavy (non-hydrogen) atoms. The predicted molar refractivity (Wildman–Crippen MR) is 96.7 cm³/mol. The lowest BCUT2D eigenvalue weighted by Crippen LogP contribution is -2.44. The number of ether oxygens (including phenoxy) is 1. The molecule has 0 spiro atoms. The molecule has 0 aromatic heterocycles. The number of rotatable bonds is 11. The Morgan fingerprint density at radius 1 is 1.08 bits per heavy atom. The van der Waals surface area contributed by atoms with Crippen LogP contribution >= 0.6 is 0 Å². The van der Waals surface area contributed by atoms with Crippen LogP contribution in [0, 0.1) is 28.6 Å². The zero-order valence-electron chi connectivity index (χ0n) is 15.1. The van der Waals surface area contributed by atoms with Crippen LogP contribution in [-0.2, 0) is 9.53 Å². The summed E-state index contributed by atoms with van der Waals surface area (Å²) in [6.07, 6.45) is 2.78. The molecule has 138 valence electrons. The van der Waals surface area contributed by atoms with Gasteiger partial charge in [0.05, 0.1) is 24.7 Å². The Bertz CT molecular complexity index is 647. The third-order valence-corrected chi connectivity index (χ3v) is 4.03. The molecule has 1 amide bonds. The standard InChI is InChI=1S/C20H25N3O3/c1-2-26-20(25)17(12-6-8-14-21)18(13-7-9-15-22)23-19(24)16-10-4-3-5-11-16/h3-5,10-11,17-18H,2,6-9,12-13H2,1H3,(H,23,24)/t17-,18-/m1/s1. The molecule has 0 radical (unpaired) electrons. The van der Waals surface area contributed by atoms with E-state index in [0.29, 0.717) is 44.1 Å². The maximum atomic E-state index is 12.5. The zero-order chi connectivity index (χ0) is 19.2. The minimum atomic E-state index is -0.533. The topological polar surface area (TPSA) is 103 Å². The van der Waals surface area contributed by atoms with Crippen molar-refractivity contribution in [2.75, 3.05) is 6.61 Å². The van der Waals surface area contributed by atoms with Crippen LogP contribution in [0.25, 0.3) is 0 Å². The molecule has 1 N–H and O–H groups in total. The SMILES string of the molecule is CCOC(=O)[C@H](CCCC#N)[C@@H](CCCC#N)NC(=O)c1ccccc1. The van der Waals surface area contributed by atoms with Crippen molar-refractivity contribution in [1.29, 1.82) is 10.5 Å². The summed E-state index contributed by atoms with van der Waals surface area (Å²) in [6, 6.07) is 12.5. The average molecular weight is 355 g/mol. The number of hydrogen-bond acceptors (Lipinski definition) is 5. The van der Waals surface area contributed by atoms with Crippen molar-refractivity contribution in [1.82, 2.24) is 5.32 Å². The first-order valence-corrected chi connectivity index (χ1v) is 8.90. The number of unbranched alkanes of at least 4 members (excludes halogenated alkanes) is 2. The van der Waals surface area contributed by atoms with Crippen molar-refractivity contribution in [2.45, 2.75) is 51.5 Å². The summed E-state index contributed by atoms with van der Waals surface area (Å²) < 4.78 is 5.17. The van der Waals surface area contributed by atoms with Crippen LogP contribution in [0.2, 0.25) is 0 Å². The Morgan fingerprint density at radius 3 is 2.27 bits per heavy atom. The fraction of sp³-hybridized carbons (Fsp3) is 0.500. The Kier molecular flexibility index (Phi) is 10.2. The third-order valence-electron chi connectivity index (χ3n) is 4.03. The van der Waals surface area contributed by atoms with Gasteiger partial charge in [-0.25, -0.2) is 0 Å². The van der Waals surface area contributed by atoms with E-state index in [2.05, 4.69) is 17.5 Å². The van der Waals surface area contributed by atoms with Crippen LogP contribution in [0.4, 0.5) is 0 Å². The summed E-state index contributed by atoms with van der Waals surface area (Å²) in [6.45, 7) is 1.99. The van der Waals surface area contributed by atoms with Crippen LogP contribution in [0.3, 0.4) is 0 Å². The van der Waals surface area contributed by atoms with E-state index in [-0.39, 0.29) is 18.5 Å². The molecule has 0 saturated heterocycles. The second kappa shape index (κ2) is 12.5. The second-order valence-corrected chi connectivity index (χ2v) is 5.91. The molecule has 1 aromatic carbocycles. The number of benzene rings is 1. The molecule has 0 fully saturated rings. The lowest BCUT2D eigenvalue weighted by molar-refractivity contribution is -0.149. The van der Waals surface area contributed by atoms with Crippen molar-refractivity contribution in [3.05, 3.63) is 35.9 Å². The quantitative estimate of drug-likeness (QED) is 0.484. The number of nitrogens with one attached hydrogen (secondary N) is 1. The average Bonchev–Trinajstić information content (AvgIpc) is 2.65. The minimum Gasteiger partial charge on any atom is -0.466 e. The van der Waals surface area contributed by atoms with E-state index < -0.39 is 12.0 Å². The number of amides is 1. The molecule has 0 aliphatic carbocycles. The van der Waals surface area contributed by atoms with Crippen molar-refractivity contribution in [3.8, 4) is 12.1 Å². The maximum Gasteiger partial charge on any atom is 0.311 e. The molecule has 0 bridgehead atoms. The van der Waals surface area contributed by atoms with Crippen LogP contribution in [0.15, 0.2) is 30.3 Å². The summed E-state index contributed by atoms with van der Waals surface area (Å²) in [4.78, 5) is 24.9. The molecule has 6 nitrogen and oxygen atoms in total. The van der Waals surface area contributed by atoms with E-state index in [0.717, 1.165) is 0 Å². The maximum absolute atomic E-state index is 12.5. The van der Waals surface area contributed by atoms with Crippen LogP contribution in [0.5, 0.6) is 0 Å². The van der Waals surface area contributed by atoms with Gasteiger partial charge >= 0.3 is 5.97 Å². The molecule has 6 heteroatoms. The monoisotopic (exact) mass is 355 g/mol. The lowest BCUT2D eigenvalue weighted by Gasteiger charge is -2.26. The summed E-state index contributed by atoms with van der Waals surface area (Å²) in [5.74, 6) is -1.17. The number of nitriles is 2. The van der Waals surface area contributed by atoms with E-state index in [9.17, 15) is 9.59 Å². The highest BCUT2D eigenvalue weighted by Gasteiger charge is 2.30. The van der Waals surface area contributed by atoms with Gasteiger partial charge in [0.1, 0.15) is 0 Å².